The van der Waals surface area contributed by atoms with Crippen LogP contribution in [0.3, 0.4) is 0 Å². The minimum Gasteiger partial charge on any atom is -0.467 e. The number of thiophene rings is 1. The van der Waals surface area contributed by atoms with Crippen molar-refractivity contribution in [3.05, 3.63) is 46.0 Å². The zero-order valence-electron chi connectivity index (χ0n) is 9.64. The predicted octanol–water partition coefficient (Wildman–Crippen LogP) is 2.06. The molecule has 5 nitrogen and oxygen atoms in total. The van der Waals surface area contributed by atoms with Gasteiger partial charge in [0, 0.05) is 0 Å². The largest absolute Gasteiger partial charge is 0.467 e. The van der Waals surface area contributed by atoms with Crippen molar-refractivity contribution in [1.82, 2.24) is 5.32 Å². The van der Waals surface area contributed by atoms with Crippen LogP contribution in [0.5, 0.6) is 0 Å². The standard InChI is InChI=1S/C12H11NO4S/c1-16-12(15)10-5-4-9(18-10)11(14)13-7-8-3-2-6-17-8/h2-6H,7H2,1H3,(H,13,14). The van der Waals surface area contributed by atoms with Crippen molar-refractivity contribution in [1.29, 1.82) is 0 Å². The number of amides is 1. The molecule has 0 aliphatic rings. The van der Waals surface area contributed by atoms with Gasteiger partial charge in [0.1, 0.15) is 10.6 Å². The minimum atomic E-state index is -0.440. The Bertz CT molecular complexity index is 544. The average molecular weight is 265 g/mol. The van der Waals surface area contributed by atoms with E-state index in [1.807, 2.05) is 0 Å². The van der Waals surface area contributed by atoms with Crippen molar-refractivity contribution in [2.45, 2.75) is 6.54 Å². The molecular weight excluding hydrogens is 254 g/mol. The topological polar surface area (TPSA) is 68.5 Å². The van der Waals surface area contributed by atoms with E-state index in [4.69, 9.17) is 4.42 Å². The van der Waals surface area contributed by atoms with E-state index in [-0.39, 0.29) is 5.91 Å². The van der Waals surface area contributed by atoms with Crippen molar-refractivity contribution in [3.8, 4) is 0 Å². The van der Waals surface area contributed by atoms with E-state index < -0.39 is 5.97 Å². The highest BCUT2D eigenvalue weighted by molar-refractivity contribution is 7.15. The number of carbonyl (C=O) groups excluding carboxylic acids is 2. The van der Waals surface area contributed by atoms with Crippen LogP contribution in [0.25, 0.3) is 0 Å². The van der Waals surface area contributed by atoms with Gasteiger partial charge in [0.25, 0.3) is 5.91 Å². The third-order valence-corrected chi connectivity index (χ3v) is 3.28. The van der Waals surface area contributed by atoms with Crippen molar-refractivity contribution in [2.24, 2.45) is 0 Å². The zero-order valence-corrected chi connectivity index (χ0v) is 10.5. The van der Waals surface area contributed by atoms with Crippen molar-refractivity contribution >= 4 is 23.2 Å². The molecule has 0 aliphatic heterocycles. The number of hydrogen-bond acceptors (Lipinski definition) is 5. The molecule has 1 N–H and O–H groups in total. The molecule has 0 fully saturated rings. The molecule has 1 amide bonds. The number of carbonyl (C=O) groups is 2. The van der Waals surface area contributed by atoms with Gasteiger partial charge in [-0.2, -0.15) is 0 Å². The van der Waals surface area contributed by atoms with Crippen LogP contribution in [0.2, 0.25) is 0 Å². The van der Waals surface area contributed by atoms with Crippen LogP contribution in [-0.2, 0) is 11.3 Å². The van der Waals surface area contributed by atoms with Gasteiger partial charge >= 0.3 is 5.97 Å². The molecule has 2 aromatic heterocycles. The molecule has 94 valence electrons. The van der Waals surface area contributed by atoms with Gasteiger partial charge in [-0.3, -0.25) is 4.79 Å². The molecular formula is C12H11NO4S. The highest BCUT2D eigenvalue weighted by Crippen LogP contribution is 2.17. The fourth-order valence-corrected chi connectivity index (χ4v) is 2.18. The van der Waals surface area contributed by atoms with Crippen molar-refractivity contribution < 1.29 is 18.7 Å². The lowest BCUT2D eigenvalue weighted by molar-refractivity contribution is 0.0606. The third kappa shape index (κ3) is 2.78. The smallest absolute Gasteiger partial charge is 0.348 e. The number of methoxy groups -OCH3 is 1. The lowest BCUT2D eigenvalue weighted by atomic mass is 10.4. The first-order valence-corrected chi connectivity index (χ1v) is 6.01. The Balaban J connectivity index is 1.96. The Kier molecular flexibility index (Phi) is 3.78. The summed E-state index contributed by atoms with van der Waals surface area (Å²) in [6.45, 7) is 0.317. The van der Waals surface area contributed by atoms with Gasteiger partial charge in [-0.05, 0) is 24.3 Å². The molecule has 0 atom stereocenters. The lowest BCUT2D eigenvalue weighted by Gasteiger charge is -2.00. The Morgan fingerprint density at radius 3 is 2.78 bits per heavy atom. The van der Waals surface area contributed by atoms with Gasteiger partial charge in [0.05, 0.1) is 24.8 Å². The first-order chi connectivity index (χ1) is 8.70. The van der Waals surface area contributed by atoms with Gasteiger partial charge < -0.3 is 14.5 Å². The number of ether oxygens (including phenoxy) is 1. The summed E-state index contributed by atoms with van der Waals surface area (Å²) in [5.74, 6) is -0.00950. The number of esters is 1. The van der Waals surface area contributed by atoms with Crippen molar-refractivity contribution in [3.63, 3.8) is 0 Å². The Morgan fingerprint density at radius 1 is 1.33 bits per heavy atom. The lowest BCUT2D eigenvalue weighted by Crippen LogP contribution is -2.21. The molecule has 0 saturated carbocycles. The quantitative estimate of drug-likeness (QED) is 0.859. The Labute approximate surface area is 107 Å². The molecule has 2 heterocycles. The van der Waals surface area contributed by atoms with Crippen LogP contribution in [0.4, 0.5) is 0 Å². The maximum atomic E-state index is 11.8. The average Bonchev–Trinajstić information content (AvgIpc) is 3.05. The monoisotopic (exact) mass is 265 g/mol. The van der Waals surface area contributed by atoms with Gasteiger partial charge in [0.2, 0.25) is 0 Å². The number of furan rings is 1. The summed E-state index contributed by atoms with van der Waals surface area (Å²) >= 11 is 1.09. The maximum absolute atomic E-state index is 11.8. The SMILES string of the molecule is COC(=O)c1ccc(C(=O)NCc2ccco2)s1. The second-order valence-corrected chi connectivity index (χ2v) is 4.50. The Morgan fingerprint density at radius 2 is 2.11 bits per heavy atom. The van der Waals surface area contributed by atoms with E-state index in [9.17, 15) is 9.59 Å². The minimum absolute atomic E-state index is 0.244. The second-order valence-electron chi connectivity index (χ2n) is 3.42. The van der Waals surface area contributed by atoms with Crippen LogP contribution in [0.1, 0.15) is 25.1 Å². The molecule has 0 unspecified atom stereocenters. The zero-order chi connectivity index (χ0) is 13.0. The molecule has 0 aromatic carbocycles. The summed E-state index contributed by atoms with van der Waals surface area (Å²) in [7, 11) is 1.30. The summed E-state index contributed by atoms with van der Waals surface area (Å²) in [5, 5.41) is 2.70. The molecule has 0 aliphatic carbocycles. The maximum Gasteiger partial charge on any atom is 0.348 e. The van der Waals surface area contributed by atoms with E-state index in [2.05, 4.69) is 10.1 Å². The van der Waals surface area contributed by atoms with Gasteiger partial charge in [-0.1, -0.05) is 0 Å². The van der Waals surface area contributed by atoms with E-state index >= 15 is 0 Å². The first-order valence-electron chi connectivity index (χ1n) is 5.19. The molecule has 18 heavy (non-hydrogen) atoms. The molecule has 6 heteroatoms. The summed E-state index contributed by atoms with van der Waals surface area (Å²) in [6, 6.07) is 6.68. The summed E-state index contributed by atoms with van der Waals surface area (Å²) in [5.41, 5.74) is 0. The van der Waals surface area contributed by atoms with Crippen LogP contribution < -0.4 is 5.32 Å². The first kappa shape index (κ1) is 12.4. The highest BCUT2D eigenvalue weighted by Gasteiger charge is 2.13. The number of nitrogens with one attached hydrogen (secondary N) is 1. The number of rotatable bonds is 4. The molecule has 2 aromatic rings. The fourth-order valence-electron chi connectivity index (χ4n) is 1.34. The van der Waals surface area contributed by atoms with Crippen LogP contribution in [-0.4, -0.2) is 19.0 Å². The van der Waals surface area contributed by atoms with Crippen LogP contribution in [0, 0.1) is 0 Å². The van der Waals surface area contributed by atoms with E-state index in [0.717, 1.165) is 11.3 Å². The molecule has 2 rings (SSSR count). The van der Waals surface area contributed by atoms with E-state index in [1.54, 1.807) is 30.5 Å². The second kappa shape index (κ2) is 5.50. The third-order valence-electron chi connectivity index (χ3n) is 2.22. The van der Waals surface area contributed by atoms with E-state index in [0.29, 0.717) is 22.1 Å². The fraction of sp³-hybridized carbons (Fsp3) is 0.167. The number of hydrogen-bond donors (Lipinski definition) is 1. The van der Waals surface area contributed by atoms with Crippen molar-refractivity contribution in [2.75, 3.05) is 7.11 Å². The van der Waals surface area contributed by atoms with Crippen LogP contribution in [0.15, 0.2) is 34.9 Å². The van der Waals surface area contributed by atoms with Crippen LogP contribution >= 0.6 is 11.3 Å². The summed E-state index contributed by atoms with van der Waals surface area (Å²) in [6.07, 6.45) is 1.54. The van der Waals surface area contributed by atoms with Gasteiger partial charge in [-0.15, -0.1) is 11.3 Å². The van der Waals surface area contributed by atoms with E-state index in [1.165, 1.54) is 7.11 Å². The predicted molar refractivity (Wildman–Crippen MR) is 65.5 cm³/mol. The van der Waals surface area contributed by atoms with Gasteiger partial charge in [0.15, 0.2) is 0 Å². The normalized spacial score (nSPS) is 10.1. The molecule has 0 spiro atoms. The Hall–Kier alpha value is -2.08. The molecule has 0 bridgehead atoms. The van der Waals surface area contributed by atoms with Gasteiger partial charge in [-0.25, -0.2) is 4.79 Å². The highest BCUT2D eigenvalue weighted by atomic mass is 32.1. The summed E-state index contributed by atoms with van der Waals surface area (Å²) < 4.78 is 9.67. The molecule has 0 saturated heterocycles. The summed E-state index contributed by atoms with van der Waals surface area (Å²) in [4.78, 5) is 23.9. The molecule has 0 radical (unpaired) electrons.